The zero-order valence-corrected chi connectivity index (χ0v) is 4.94. The molecule has 0 aliphatic carbocycles. The van der Waals surface area contributed by atoms with Crippen LogP contribution in [0.5, 0.6) is 0 Å². The van der Waals surface area contributed by atoms with Gasteiger partial charge in [0.15, 0.2) is 0 Å². The third-order valence-corrected chi connectivity index (χ3v) is 0.868. The number of halogens is 1. The topological polar surface area (TPSA) is 0 Å². The summed E-state index contributed by atoms with van der Waals surface area (Å²) in [5.41, 5.74) is 0. The summed E-state index contributed by atoms with van der Waals surface area (Å²) in [5.74, 6) is 0. The van der Waals surface area contributed by atoms with E-state index in [1.807, 2.05) is 6.08 Å². The summed E-state index contributed by atoms with van der Waals surface area (Å²) in [4.78, 5) is 0. The van der Waals surface area contributed by atoms with Crippen LogP contribution in [0.2, 0.25) is 0 Å². The molecule has 0 nitrogen and oxygen atoms in total. The van der Waals surface area contributed by atoms with Crippen molar-refractivity contribution >= 4 is 0 Å². The van der Waals surface area contributed by atoms with Crippen LogP contribution in [0.3, 0.4) is 0 Å². The van der Waals surface area contributed by atoms with Gasteiger partial charge in [-0.25, -0.2) is 4.39 Å². The van der Waals surface area contributed by atoms with Gasteiger partial charge in [-0.1, -0.05) is 12.2 Å². The van der Waals surface area contributed by atoms with E-state index >= 15 is 0 Å². The van der Waals surface area contributed by atoms with Crippen LogP contribution >= 0.6 is 0 Å². The fourth-order valence-electron chi connectivity index (χ4n) is 0.443. The van der Waals surface area contributed by atoms with Gasteiger partial charge in [-0.3, -0.25) is 0 Å². The highest BCUT2D eigenvalue weighted by Crippen LogP contribution is 1.95. The second-order valence-electron chi connectivity index (χ2n) is 1.58. The number of unbranched alkanes of at least 4 members (excludes halogenated alkanes) is 2. The minimum atomic E-state index is 0.586. The van der Waals surface area contributed by atoms with Gasteiger partial charge in [0.1, 0.15) is 0 Å². The Morgan fingerprint density at radius 2 is 2.12 bits per heavy atom. The van der Waals surface area contributed by atoms with Gasteiger partial charge in [0, 0.05) is 0 Å². The van der Waals surface area contributed by atoms with Crippen molar-refractivity contribution in [3.05, 3.63) is 25.1 Å². The molecule has 0 bridgehead atoms. The first-order chi connectivity index (χ1) is 3.91. The van der Waals surface area contributed by atoms with Crippen LogP contribution in [0.4, 0.5) is 4.39 Å². The van der Waals surface area contributed by atoms with Crippen molar-refractivity contribution in [3.63, 3.8) is 0 Å². The number of hydrogen-bond donors (Lipinski definition) is 0. The molecule has 8 heavy (non-hydrogen) atoms. The van der Waals surface area contributed by atoms with E-state index in [1.54, 1.807) is 0 Å². The number of allylic oxidation sites excluding steroid dienone is 2. The molecule has 0 saturated carbocycles. The van der Waals surface area contributed by atoms with Gasteiger partial charge in [-0.2, -0.15) is 0 Å². The van der Waals surface area contributed by atoms with Gasteiger partial charge in [-0.15, -0.1) is 6.58 Å². The van der Waals surface area contributed by atoms with Crippen LogP contribution < -0.4 is 0 Å². The molecule has 0 aromatic rings. The molecular weight excluding hydrogens is 103 g/mol. The molecule has 0 saturated heterocycles. The highest BCUT2D eigenvalue weighted by atomic mass is 19.1. The van der Waals surface area contributed by atoms with Gasteiger partial charge in [0.25, 0.3) is 0 Å². The lowest BCUT2D eigenvalue weighted by Crippen LogP contribution is -1.65. The average Bonchev–Trinajstić information content (AvgIpc) is 1.81. The molecule has 0 N–H and O–H groups in total. The third-order valence-electron chi connectivity index (χ3n) is 0.868. The second kappa shape index (κ2) is 6.41. The van der Waals surface area contributed by atoms with Crippen molar-refractivity contribution < 1.29 is 4.39 Å². The number of rotatable bonds is 4. The maximum absolute atomic E-state index is 11.2. The lowest BCUT2D eigenvalue weighted by atomic mass is 10.2. The lowest BCUT2D eigenvalue weighted by molar-refractivity contribution is 0.709. The molecule has 1 heteroatoms. The molecule has 0 atom stereocenters. The molecule has 0 aliphatic rings. The summed E-state index contributed by atoms with van der Waals surface area (Å²) >= 11 is 0. The lowest BCUT2D eigenvalue weighted by Gasteiger charge is -1.84. The van der Waals surface area contributed by atoms with E-state index in [4.69, 9.17) is 0 Å². The maximum Gasteiger partial charge on any atom is 0.0827 e. The molecule has 0 unspecified atom stereocenters. The quantitative estimate of drug-likeness (QED) is 0.389. The largest absolute Gasteiger partial charge is 0.216 e. The Morgan fingerprint density at radius 3 is 2.62 bits per heavy atom. The molecule has 0 aromatic carbocycles. The Morgan fingerprint density at radius 1 is 1.38 bits per heavy atom. The third kappa shape index (κ3) is 5.41. The Balaban J connectivity index is 2.82. The molecule has 0 radical (unpaired) electrons. The molecule has 0 rings (SSSR count). The smallest absolute Gasteiger partial charge is 0.0827 e. The molecule has 0 amide bonds. The van der Waals surface area contributed by atoms with Crippen molar-refractivity contribution in [2.75, 3.05) is 0 Å². The first-order valence-corrected chi connectivity index (χ1v) is 2.78. The monoisotopic (exact) mass is 114 g/mol. The van der Waals surface area contributed by atoms with E-state index in [9.17, 15) is 4.39 Å². The first kappa shape index (κ1) is 7.41. The van der Waals surface area contributed by atoms with Crippen LogP contribution in [-0.4, -0.2) is 0 Å². The maximum atomic E-state index is 11.2. The van der Waals surface area contributed by atoms with Gasteiger partial charge >= 0.3 is 0 Å². The van der Waals surface area contributed by atoms with Crippen LogP contribution in [0.15, 0.2) is 25.1 Å². The summed E-state index contributed by atoms with van der Waals surface area (Å²) in [6.07, 6.45) is 6.75. The zero-order chi connectivity index (χ0) is 6.24. The fourth-order valence-corrected chi connectivity index (χ4v) is 0.443. The zero-order valence-electron chi connectivity index (χ0n) is 4.94. The Kier molecular flexibility index (Phi) is 5.94. The molecule has 0 aliphatic heterocycles. The molecular formula is C7H11F. The van der Waals surface area contributed by atoms with Crippen molar-refractivity contribution in [1.29, 1.82) is 0 Å². The van der Waals surface area contributed by atoms with Gasteiger partial charge < -0.3 is 0 Å². The average molecular weight is 114 g/mol. The standard InChI is InChI=1S/C7H11F/c1-2-3-4-5-6-7-8/h2,6-7H,1,3-5H2/b7-6+. The molecule has 0 heterocycles. The van der Waals surface area contributed by atoms with E-state index in [0.717, 1.165) is 19.3 Å². The van der Waals surface area contributed by atoms with E-state index in [-0.39, 0.29) is 0 Å². The first-order valence-electron chi connectivity index (χ1n) is 2.78. The van der Waals surface area contributed by atoms with Gasteiger partial charge in [0.05, 0.1) is 6.33 Å². The van der Waals surface area contributed by atoms with Crippen molar-refractivity contribution in [3.8, 4) is 0 Å². The molecule has 0 fully saturated rings. The van der Waals surface area contributed by atoms with E-state index in [1.165, 1.54) is 6.08 Å². The van der Waals surface area contributed by atoms with E-state index < -0.39 is 0 Å². The van der Waals surface area contributed by atoms with Crippen LogP contribution in [-0.2, 0) is 0 Å². The summed E-state index contributed by atoms with van der Waals surface area (Å²) in [6, 6.07) is 0. The summed E-state index contributed by atoms with van der Waals surface area (Å²) < 4.78 is 11.2. The minimum Gasteiger partial charge on any atom is -0.216 e. The predicted octanol–water partition coefficient (Wildman–Crippen LogP) is 2.83. The highest BCUT2D eigenvalue weighted by Gasteiger charge is 1.76. The fraction of sp³-hybridized carbons (Fsp3) is 0.429. The summed E-state index contributed by atoms with van der Waals surface area (Å²) in [6.45, 7) is 3.54. The van der Waals surface area contributed by atoms with E-state index in [2.05, 4.69) is 6.58 Å². The summed E-state index contributed by atoms with van der Waals surface area (Å²) in [7, 11) is 0. The Labute approximate surface area is 49.7 Å². The molecule has 0 aromatic heterocycles. The minimum absolute atomic E-state index is 0.586. The normalized spacial score (nSPS) is 10.1. The van der Waals surface area contributed by atoms with Gasteiger partial charge in [0.2, 0.25) is 0 Å². The van der Waals surface area contributed by atoms with E-state index in [0.29, 0.717) is 6.33 Å². The van der Waals surface area contributed by atoms with Crippen LogP contribution in [0.25, 0.3) is 0 Å². The Hall–Kier alpha value is -0.590. The number of hydrogen-bond acceptors (Lipinski definition) is 0. The SMILES string of the molecule is C=CCCC/C=C/F. The molecule has 0 spiro atoms. The summed E-state index contributed by atoms with van der Waals surface area (Å²) in [5, 5.41) is 0. The van der Waals surface area contributed by atoms with Crippen molar-refractivity contribution in [1.82, 2.24) is 0 Å². The van der Waals surface area contributed by atoms with Gasteiger partial charge in [-0.05, 0) is 19.3 Å². The van der Waals surface area contributed by atoms with Crippen LogP contribution in [0.1, 0.15) is 19.3 Å². The predicted molar refractivity (Wildman–Crippen MR) is 34.3 cm³/mol. The Bertz CT molecular complexity index is 74.5. The highest BCUT2D eigenvalue weighted by molar-refractivity contribution is 4.74. The van der Waals surface area contributed by atoms with Crippen molar-refractivity contribution in [2.24, 2.45) is 0 Å². The second-order valence-corrected chi connectivity index (χ2v) is 1.58. The van der Waals surface area contributed by atoms with Crippen molar-refractivity contribution in [2.45, 2.75) is 19.3 Å². The molecule has 46 valence electrons. The van der Waals surface area contributed by atoms with Crippen LogP contribution in [0, 0.1) is 0 Å².